The van der Waals surface area contributed by atoms with Crippen LogP contribution in [0.1, 0.15) is 29.7 Å². The predicted molar refractivity (Wildman–Crippen MR) is 89.0 cm³/mol. The highest BCUT2D eigenvalue weighted by Gasteiger charge is 2.41. The van der Waals surface area contributed by atoms with Gasteiger partial charge in [0, 0.05) is 32.2 Å². The molecule has 24 heavy (non-hydrogen) atoms. The molecule has 0 saturated carbocycles. The van der Waals surface area contributed by atoms with Crippen LogP contribution in [0.5, 0.6) is 0 Å². The van der Waals surface area contributed by atoms with Gasteiger partial charge >= 0.3 is 0 Å². The third-order valence-corrected chi connectivity index (χ3v) is 4.37. The summed E-state index contributed by atoms with van der Waals surface area (Å²) in [5.74, 6) is -0.206. The minimum Gasteiger partial charge on any atom is -0.379 e. The molecule has 2 aromatic rings. The minimum absolute atomic E-state index is 0.206. The zero-order valence-electron chi connectivity index (χ0n) is 13.9. The molecule has 2 N–H and O–H groups in total. The zero-order chi connectivity index (χ0) is 17.0. The lowest BCUT2D eigenvalue weighted by atomic mass is 9.91. The van der Waals surface area contributed by atoms with Crippen molar-refractivity contribution < 1.29 is 14.4 Å². The summed E-state index contributed by atoms with van der Waals surface area (Å²) in [6, 6.07) is 9.86. The van der Waals surface area contributed by atoms with Gasteiger partial charge in [-0.2, -0.15) is 0 Å². The molecule has 1 atom stereocenters. The van der Waals surface area contributed by atoms with Crippen molar-refractivity contribution in [1.82, 2.24) is 15.4 Å². The molecule has 1 aliphatic heterocycles. The van der Waals surface area contributed by atoms with E-state index in [0.717, 1.165) is 17.7 Å². The van der Waals surface area contributed by atoms with Crippen molar-refractivity contribution in [2.75, 3.05) is 13.1 Å². The highest BCUT2D eigenvalue weighted by molar-refractivity contribution is 5.86. The monoisotopic (exact) mass is 329 g/mol. The van der Waals surface area contributed by atoms with E-state index < -0.39 is 5.60 Å². The third kappa shape index (κ3) is 3.83. The number of carbonyl (C=O) groups is 1. The van der Waals surface area contributed by atoms with Gasteiger partial charge in [0.25, 0.3) is 5.91 Å². The Morgan fingerprint density at radius 3 is 3.04 bits per heavy atom. The molecular formula is C18H23N3O3. The van der Waals surface area contributed by atoms with Crippen molar-refractivity contribution in [1.29, 1.82) is 0 Å². The van der Waals surface area contributed by atoms with Gasteiger partial charge in [-0.1, -0.05) is 35.0 Å². The molecule has 6 heteroatoms. The summed E-state index contributed by atoms with van der Waals surface area (Å²) >= 11 is 0. The van der Waals surface area contributed by atoms with Crippen molar-refractivity contribution >= 4 is 5.91 Å². The first-order chi connectivity index (χ1) is 11.6. The summed E-state index contributed by atoms with van der Waals surface area (Å²) in [4.78, 5) is 14.5. The number of amides is 1. The number of hydrogen-bond donors (Lipinski definition) is 2. The summed E-state index contributed by atoms with van der Waals surface area (Å²) < 4.78 is 4.77. The number of nitrogens with zero attached hydrogens (tertiary/aromatic N) is 2. The summed E-state index contributed by atoms with van der Waals surface area (Å²) in [6.07, 6.45) is 2.77. The molecule has 0 unspecified atom stereocenters. The fourth-order valence-corrected chi connectivity index (χ4v) is 3.14. The Bertz CT molecular complexity index is 687. The van der Waals surface area contributed by atoms with Gasteiger partial charge in [0.15, 0.2) is 5.60 Å². The van der Waals surface area contributed by atoms with E-state index >= 15 is 0 Å². The second-order valence-corrected chi connectivity index (χ2v) is 6.45. The normalized spacial score (nSPS) is 21.2. The quantitative estimate of drug-likeness (QED) is 0.842. The Hall–Kier alpha value is -2.18. The third-order valence-electron chi connectivity index (χ3n) is 4.37. The molecule has 1 fully saturated rings. The largest absolute Gasteiger partial charge is 0.379 e. The Morgan fingerprint density at radius 2 is 2.29 bits per heavy atom. The van der Waals surface area contributed by atoms with E-state index in [-0.39, 0.29) is 12.5 Å². The number of rotatable bonds is 6. The van der Waals surface area contributed by atoms with Crippen molar-refractivity contribution in [3.05, 3.63) is 53.4 Å². The molecule has 0 spiro atoms. The molecule has 6 nitrogen and oxygen atoms in total. The van der Waals surface area contributed by atoms with E-state index in [4.69, 9.17) is 4.52 Å². The Balaban J connectivity index is 1.60. The SMILES string of the molecule is Cc1cccc(CN2CCC[C@](O)(CNCc3ccon3)C2=O)c1. The lowest BCUT2D eigenvalue weighted by Gasteiger charge is -2.38. The minimum atomic E-state index is -1.36. The van der Waals surface area contributed by atoms with Gasteiger partial charge in [-0.25, -0.2) is 0 Å². The second-order valence-electron chi connectivity index (χ2n) is 6.45. The first-order valence-corrected chi connectivity index (χ1v) is 8.24. The molecule has 0 bridgehead atoms. The van der Waals surface area contributed by atoms with Gasteiger partial charge in [-0.15, -0.1) is 0 Å². The van der Waals surface area contributed by atoms with Gasteiger partial charge in [-0.05, 0) is 25.3 Å². The fourth-order valence-electron chi connectivity index (χ4n) is 3.14. The van der Waals surface area contributed by atoms with E-state index in [9.17, 15) is 9.90 Å². The van der Waals surface area contributed by atoms with Crippen LogP contribution < -0.4 is 5.32 Å². The van der Waals surface area contributed by atoms with E-state index in [1.807, 2.05) is 25.1 Å². The Labute approximate surface area is 141 Å². The molecule has 1 saturated heterocycles. The number of aromatic nitrogens is 1. The summed E-state index contributed by atoms with van der Waals surface area (Å²) in [5.41, 5.74) is 1.65. The molecule has 0 aliphatic carbocycles. The maximum Gasteiger partial charge on any atom is 0.256 e. The standard InChI is InChI=1S/C18H23N3O3/c1-14-4-2-5-15(10-14)12-21-8-3-7-18(23,17(21)22)13-19-11-16-6-9-24-20-16/h2,4-6,9-10,19,23H,3,7-8,11-13H2,1H3/t18-/m0/s1. The lowest BCUT2D eigenvalue weighted by molar-refractivity contribution is -0.157. The number of aliphatic hydroxyl groups is 1. The number of aryl methyl sites for hydroxylation is 1. The van der Waals surface area contributed by atoms with Crippen LogP contribution >= 0.6 is 0 Å². The average Bonchev–Trinajstić information content (AvgIpc) is 3.06. The van der Waals surface area contributed by atoms with Crippen LogP contribution in [0.4, 0.5) is 0 Å². The molecule has 1 aromatic carbocycles. The number of carbonyl (C=O) groups excluding carboxylic acids is 1. The Kier molecular flexibility index (Phi) is 4.97. The molecule has 0 radical (unpaired) electrons. The number of likely N-dealkylation sites (tertiary alicyclic amines) is 1. The van der Waals surface area contributed by atoms with Crippen LogP contribution in [0.2, 0.25) is 0 Å². The van der Waals surface area contributed by atoms with Gasteiger partial charge in [0.1, 0.15) is 6.26 Å². The molecule has 1 aliphatic rings. The maximum atomic E-state index is 12.7. The topological polar surface area (TPSA) is 78.6 Å². The molecule has 128 valence electrons. The molecule has 1 aromatic heterocycles. The predicted octanol–water partition coefficient (Wildman–Crippen LogP) is 1.63. The van der Waals surface area contributed by atoms with Crippen molar-refractivity contribution in [3.63, 3.8) is 0 Å². The van der Waals surface area contributed by atoms with Crippen LogP contribution in [-0.2, 0) is 17.9 Å². The highest BCUT2D eigenvalue weighted by Crippen LogP contribution is 2.24. The summed E-state index contributed by atoms with van der Waals surface area (Å²) in [5, 5.41) is 17.7. The zero-order valence-corrected chi connectivity index (χ0v) is 13.9. The first kappa shape index (κ1) is 16.7. The van der Waals surface area contributed by atoms with Crippen LogP contribution in [0.15, 0.2) is 41.1 Å². The highest BCUT2D eigenvalue weighted by atomic mass is 16.5. The molecular weight excluding hydrogens is 306 g/mol. The molecule has 3 rings (SSSR count). The van der Waals surface area contributed by atoms with Crippen molar-refractivity contribution in [2.45, 2.75) is 38.5 Å². The van der Waals surface area contributed by atoms with E-state index in [1.165, 1.54) is 11.8 Å². The van der Waals surface area contributed by atoms with Gasteiger partial charge in [-0.3, -0.25) is 4.79 Å². The fraction of sp³-hybridized carbons (Fsp3) is 0.444. The van der Waals surface area contributed by atoms with Crippen LogP contribution in [0.25, 0.3) is 0 Å². The van der Waals surface area contributed by atoms with E-state index in [1.54, 1.807) is 11.0 Å². The average molecular weight is 329 g/mol. The van der Waals surface area contributed by atoms with Crippen molar-refractivity contribution in [2.24, 2.45) is 0 Å². The number of piperidine rings is 1. The first-order valence-electron chi connectivity index (χ1n) is 8.24. The van der Waals surface area contributed by atoms with Gasteiger partial charge in [0.2, 0.25) is 0 Å². The molecule has 2 heterocycles. The van der Waals surface area contributed by atoms with E-state index in [0.29, 0.717) is 26.1 Å². The van der Waals surface area contributed by atoms with Crippen molar-refractivity contribution in [3.8, 4) is 0 Å². The number of benzene rings is 1. The summed E-state index contributed by atoms with van der Waals surface area (Å²) in [7, 11) is 0. The van der Waals surface area contributed by atoms with Crippen LogP contribution in [0.3, 0.4) is 0 Å². The second kappa shape index (κ2) is 7.15. The number of hydrogen-bond acceptors (Lipinski definition) is 5. The van der Waals surface area contributed by atoms with Crippen LogP contribution in [-0.4, -0.2) is 39.8 Å². The van der Waals surface area contributed by atoms with Gasteiger partial charge < -0.3 is 19.8 Å². The number of nitrogens with one attached hydrogen (secondary N) is 1. The van der Waals surface area contributed by atoms with Gasteiger partial charge in [0.05, 0.1) is 5.69 Å². The van der Waals surface area contributed by atoms with Crippen LogP contribution in [0, 0.1) is 6.92 Å². The maximum absolute atomic E-state index is 12.7. The lowest BCUT2D eigenvalue weighted by Crippen LogP contribution is -2.57. The molecule has 1 amide bonds. The summed E-state index contributed by atoms with van der Waals surface area (Å²) in [6.45, 7) is 3.92. The smallest absolute Gasteiger partial charge is 0.256 e. The Morgan fingerprint density at radius 1 is 1.42 bits per heavy atom. The van der Waals surface area contributed by atoms with E-state index in [2.05, 4.69) is 16.5 Å².